The zero-order valence-electron chi connectivity index (χ0n) is 12.2. The predicted octanol–water partition coefficient (Wildman–Crippen LogP) is -0.133. The summed E-state index contributed by atoms with van der Waals surface area (Å²) in [4.78, 5) is 26.5. The van der Waals surface area contributed by atoms with Crippen LogP contribution in [-0.4, -0.2) is 59.7 Å². The fourth-order valence-electron chi connectivity index (χ4n) is 2.22. The summed E-state index contributed by atoms with van der Waals surface area (Å²) < 4.78 is 16.6. The zero-order valence-corrected chi connectivity index (χ0v) is 12.2. The van der Waals surface area contributed by atoms with Crippen molar-refractivity contribution in [3.63, 3.8) is 0 Å². The molecule has 2 aliphatic heterocycles. The molecule has 0 radical (unpaired) electrons. The van der Waals surface area contributed by atoms with E-state index in [1.807, 2.05) is 5.48 Å². The number of aliphatic hydroxyl groups excluding tert-OH is 1. The molecule has 2 N–H and O–H groups in total. The number of carbonyl (C=O) groups excluding carboxylic acids is 1. The summed E-state index contributed by atoms with van der Waals surface area (Å²) in [5, 5.41) is 13.1. The number of amides is 2. The summed E-state index contributed by atoms with van der Waals surface area (Å²) in [5.41, 5.74) is 2.03. The first-order valence-corrected chi connectivity index (χ1v) is 6.47. The molecule has 21 heavy (non-hydrogen) atoms. The van der Waals surface area contributed by atoms with E-state index in [0.29, 0.717) is 5.01 Å². The Labute approximate surface area is 121 Å². The number of nitrogens with zero attached hydrogens (tertiary/aromatic N) is 2. The molecule has 2 fully saturated rings. The van der Waals surface area contributed by atoms with Gasteiger partial charge in [0.05, 0.1) is 5.29 Å². The number of carbonyl (C=O) groups is 1. The topological polar surface area (TPSA) is 119 Å². The molecular formula is C11H19N3O7. The molecule has 0 saturated carbocycles. The molecule has 10 heteroatoms. The lowest BCUT2D eigenvalue weighted by molar-refractivity contribution is -0.230. The van der Waals surface area contributed by atoms with Crippen LogP contribution in [0.5, 0.6) is 0 Å². The third-order valence-corrected chi connectivity index (χ3v) is 3.26. The van der Waals surface area contributed by atoms with Gasteiger partial charge in [-0.05, 0) is 20.8 Å². The van der Waals surface area contributed by atoms with Gasteiger partial charge in [-0.25, -0.2) is 10.3 Å². The van der Waals surface area contributed by atoms with Crippen LogP contribution in [0.15, 0.2) is 5.29 Å². The lowest BCUT2D eigenvalue weighted by atomic mass is 10.1. The van der Waals surface area contributed by atoms with Gasteiger partial charge >= 0.3 is 6.03 Å². The van der Waals surface area contributed by atoms with E-state index < -0.39 is 42.5 Å². The van der Waals surface area contributed by atoms with Gasteiger partial charge in [-0.15, -0.1) is 4.91 Å². The van der Waals surface area contributed by atoms with Crippen LogP contribution in [0.4, 0.5) is 4.79 Å². The molecule has 2 amide bonds. The van der Waals surface area contributed by atoms with Crippen LogP contribution in [0.3, 0.4) is 0 Å². The highest BCUT2D eigenvalue weighted by molar-refractivity contribution is 5.72. The number of fused-ring (bicyclic) bond motifs is 1. The minimum absolute atomic E-state index is 0.530. The number of ether oxygens (including phenoxy) is 3. The van der Waals surface area contributed by atoms with Crippen LogP contribution in [0.25, 0.3) is 0 Å². The van der Waals surface area contributed by atoms with Crippen LogP contribution in [-0.2, 0) is 19.0 Å². The number of aliphatic hydroxyl groups is 1. The first kappa shape index (κ1) is 16.0. The van der Waals surface area contributed by atoms with Crippen molar-refractivity contribution < 1.29 is 28.9 Å². The Balaban J connectivity index is 1.86. The second-order valence-corrected chi connectivity index (χ2v) is 5.40. The number of hydrogen-bond acceptors (Lipinski definition) is 8. The van der Waals surface area contributed by atoms with E-state index in [1.165, 1.54) is 7.05 Å². The highest BCUT2D eigenvalue weighted by atomic mass is 16.8. The summed E-state index contributed by atoms with van der Waals surface area (Å²) in [5.74, 6) is -0.821. The summed E-state index contributed by atoms with van der Waals surface area (Å²) in [6.07, 6.45) is -3.71. The number of urea groups is 1. The molecule has 0 aromatic rings. The number of nitroso groups, excluding NO2 is 1. The van der Waals surface area contributed by atoms with Crippen molar-refractivity contribution in [2.24, 2.45) is 5.29 Å². The van der Waals surface area contributed by atoms with Gasteiger partial charge in [0.2, 0.25) is 0 Å². The summed E-state index contributed by atoms with van der Waals surface area (Å²) in [7, 11) is 1.17. The van der Waals surface area contributed by atoms with E-state index in [9.17, 15) is 14.8 Å². The van der Waals surface area contributed by atoms with Crippen LogP contribution in [0.1, 0.15) is 20.8 Å². The van der Waals surface area contributed by atoms with Crippen LogP contribution in [0.2, 0.25) is 0 Å². The average molecular weight is 305 g/mol. The molecule has 10 nitrogen and oxygen atoms in total. The average Bonchev–Trinajstić information content (AvgIpc) is 2.88. The summed E-state index contributed by atoms with van der Waals surface area (Å²) in [6, 6.07) is -0.835. The van der Waals surface area contributed by atoms with E-state index in [1.54, 1.807) is 20.8 Å². The maximum absolute atomic E-state index is 11.3. The fourth-order valence-corrected chi connectivity index (χ4v) is 2.22. The van der Waals surface area contributed by atoms with Gasteiger partial charge in [0.15, 0.2) is 12.1 Å². The van der Waals surface area contributed by atoms with Crippen molar-refractivity contribution in [2.45, 2.75) is 57.3 Å². The number of rotatable bonds is 4. The largest absolute Gasteiger partial charge is 0.387 e. The molecule has 5 atom stereocenters. The van der Waals surface area contributed by atoms with Gasteiger partial charge in [0, 0.05) is 7.05 Å². The van der Waals surface area contributed by atoms with Gasteiger partial charge in [-0.3, -0.25) is 4.84 Å². The molecular weight excluding hydrogens is 286 g/mol. The molecule has 120 valence electrons. The van der Waals surface area contributed by atoms with Crippen molar-refractivity contribution >= 4 is 6.03 Å². The highest BCUT2D eigenvalue weighted by Gasteiger charge is 2.55. The number of hydrogen-bond donors (Lipinski definition) is 2. The Morgan fingerprint density at radius 2 is 2.14 bits per heavy atom. The Morgan fingerprint density at radius 3 is 2.71 bits per heavy atom. The smallest absolute Gasteiger partial charge is 0.364 e. The minimum Gasteiger partial charge on any atom is -0.387 e. The molecule has 0 aliphatic carbocycles. The van der Waals surface area contributed by atoms with Crippen molar-refractivity contribution in [1.29, 1.82) is 0 Å². The van der Waals surface area contributed by atoms with E-state index in [2.05, 4.69) is 5.29 Å². The van der Waals surface area contributed by atoms with Crippen molar-refractivity contribution in [3.8, 4) is 0 Å². The van der Waals surface area contributed by atoms with Crippen molar-refractivity contribution in [1.82, 2.24) is 10.5 Å². The lowest BCUT2D eigenvalue weighted by Gasteiger charge is -2.26. The van der Waals surface area contributed by atoms with Crippen LogP contribution in [0, 0.1) is 4.91 Å². The normalized spacial score (nSPS) is 35.1. The predicted molar refractivity (Wildman–Crippen MR) is 67.3 cm³/mol. The van der Waals surface area contributed by atoms with Crippen molar-refractivity contribution in [2.75, 3.05) is 7.05 Å². The molecule has 0 aromatic carbocycles. The maximum Gasteiger partial charge on any atom is 0.364 e. The molecule has 2 aliphatic rings. The second kappa shape index (κ2) is 5.81. The molecule has 2 heterocycles. The van der Waals surface area contributed by atoms with Gasteiger partial charge in [0.25, 0.3) is 0 Å². The molecule has 0 unspecified atom stereocenters. The Hall–Kier alpha value is -1.33. The van der Waals surface area contributed by atoms with E-state index in [0.717, 1.165) is 0 Å². The number of hydroxylamine groups is 1. The minimum atomic E-state index is -0.967. The maximum atomic E-state index is 11.3. The Morgan fingerprint density at radius 1 is 1.48 bits per heavy atom. The lowest BCUT2D eigenvalue weighted by Crippen LogP contribution is -2.44. The van der Waals surface area contributed by atoms with E-state index in [-0.39, 0.29) is 0 Å². The first-order valence-electron chi connectivity index (χ1n) is 6.47. The summed E-state index contributed by atoms with van der Waals surface area (Å²) >= 11 is 0. The van der Waals surface area contributed by atoms with Gasteiger partial charge < -0.3 is 19.3 Å². The standard InChI is InChI=1S/C11H19N3O7/c1-5(21-12-10(16)14(4)13-17)7-6(15)8-9(18-7)20-11(2,3)19-8/h5-9,15H,1-4H3,(H,12,16)/t5-,6+,7-,8-,9-/m1/s1. The van der Waals surface area contributed by atoms with Crippen molar-refractivity contribution in [3.05, 3.63) is 4.91 Å². The molecule has 2 rings (SSSR count). The quantitative estimate of drug-likeness (QED) is 0.548. The van der Waals surface area contributed by atoms with Crippen LogP contribution < -0.4 is 5.48 Å². The monoisotopic (exact) mass is 305 g/mol. The Bertz CT molecular complexity index is 419. The van der Waals surface area contributed by atoms with E-state index >= 15 is 0 Å². The van der Waals surface area contributed by atoms with Gasteiger partial charge in [0.1, 0.15) is 24.4 Å². The summed E-state index contributed by atoms with van der Waals surface area (Å²) in [6.45, 7) is 5.03. The molecule has 2 saturated heterocycles. The first-order chi connectivity index (χ1) is 9.75. The second-order valence-electron chi connectivity index (χ2n) is 5.40. The fraction of sp³-hybridized carbons (Fsp3) is 0.909. The highest BCUT2D eigenvalue weighted by Crippen LogP contribution is 2.38. The third kappa shape index (κ3) is 3.30. The van der Waals surface area contributed by atoms with Gasteiger partial charge in [-0.1, -0.05) is 0 Å². The third-order valence-electron chi connectivity index (χ3n) is 3.26. The van der Waals surface area contributed by atoms with E-state index in [4.69, 9.17) is 19.0 Å². The number of nitrogens with one attached hydrogen (secondary N) is 1. The van der Waals surface area contributed by atoms with Crippen LogP contribution >= 0.6 is 0 Å². The SMILES string of the molecule is C[C@@H](ONC(=O)N(C)N=O)[C@H]1O[C@@H]2OC(C)(C)O[C@@H]2[C@H]1O. The Kier molecular flexibility index (Phi) is 4.44. The molecule has 0 spiro atoms. The molecule has 0 bridgehead atoms. The van der Waals surface area contributed by atoms with Gasteiger partial charge in [-0.2, -0.15) is 5.01 Å². The zero-order chi connectivity index (χ0) is 15.8. The molecule has 0 aromatic heterocycles.